The van der Waals surface area contributed by atoms with Crippen molar-refractivity contribution in [2.24, 2.45) is 0 Å². The molecule has 0 aliphatic carbocycles. The fourth-order valence-corrected chi connectivity index (χ4v) is 2.05. The monoisotopic (exact) mass is 231 g/mol. The van der Waals surface area contributed by atoms with E-state index in [1.807, 2.05) is 6.07 Å². The summed E-state index contributed by atoms with van der Waals surface area (Å²) in [5.41, 5.74) is 1.53. The SMILES string of the molecule is c1csc(CNc2ncc3[nH]cnc3n2)c1. The Bertz CT molecular complexity index is 586. The Morgan fingerprint density at radius 3 is 3.25 bits per heavy atom. The smallest absolute Gasteiger partial charge is 0.225 e. The zero-order chi connectivity index (χ0) is 10.8. The lowest BCUT2D eigenvalue weighted by Crippen LogP contribution is -2.01. The Labute approximate surface area is 95.6 Å². The van der Waals surface area contributed by atoms with E-state index in [0.29, 0.717) is 11.6 Å². The van der Waals surface area contributed by atoms with Crippen molar-refractivity contribution in [3.8, 4) is 0 Å². The van der Waals surface area contributed by atoms with Crippen LogP contribution in [-0.2, 0) is 6.54 Å². The van der Waals surface area contributed by atoms with E-state index in [2.05, 4.69) is 36.7 Å². The topological polar surface area (TPSA) is 66.5 Å². The first-order valence-corrected chi connectivity index (χ1v) is 5.72. The molecule has 0 aliphatic rings. The van der Waals surface area contributed by atoms with Crippen LogP contribution >= 0.6 is 11.3 Å². The average molecular weight is 231 g/mol. The van der Waals surface area contributed by atoms with Crippen molar-refractivity contribution in [2.45, 2.75) is 6.54 Å². The van der Waals surface area contributed by atoms with Gasteiger partial charge in [-0.1, -0.05) is 6.07 Å². The highest BCUT2D eigenvalue weighted by Crippen LogP contribution is 2.11. The molecule has 5 nitrogen and oxygen atoms in total. The number of nitrogens with one attached hydrogen (secondary N) is 2. The summed E-state index contributed by atoms with van der Waals surface area (Å²) in [5, 5.41) is 5.21. The lowest BCUT2D eigenvalue weighted by molar-refractivity contribution is 1.09. The summed E-state index contributed by atoms with van der Waals surface area (Å²) >= 11 is 1.71. The number of rotatable bonds is 3. The number of hydrogen-bond acceptors (Lipinski definition) is 5. The molecular weight excluding hydrogens is 222 g/mol. The molecule has 16 heavy (non-hydrogen) atoms. The Morgan fingerprint density at radius 2 is 2.38 bits per heavy atom. The minimum absolute atomic E-state index is 0.605. The first kappa shape index (κ1) is 9.29. The van der Waals surface area contributed by atoms with Gasteiger partial charge in [0.1, 0.15) is 5.52 Å². The van der Waals surface area contributed by atoms with Crippen LogP contribution in [0.5, 0.6) is 0 Å². The third-order valence-electron chi connectivity index (χ3n) is 2.18. The second kappa shape index (κ2) is 3.90. The normalized spacial score (nSPS) is 10.8. The van der Waals surface area contributed by atoms with Crippen molar-refractivity contribution < 1.29 is 0 Å². The zero-order valence-corrected chi connectivity index (χ0v) is 9.16. The average Bonchev–Trinajstić information content (AvgIpc) is 2.97. The molecule has 3 heterocycles. The largest absolute Gasteiger partial charge is 0.349 e. The first-order chi connectivity index (χ1) is 7.92. The summed E-state index contributed by atoms with van der Waals surface area (Å²) in [6.07, 6.45) is 3.34. The van der Waals surface area contributed by atoms with Gasteiger partial charge in [0.25, 0.3) is 0 Å². The van der Waals surface area contributed by atoms with Crippen LogP contribution in [-0.4, -0.2) is 19.9 Å². The molecule has 3 rings (SSSR count). The molecule has 3 aromatic heterocycles. The lowest BCUT2D eigenvalue weighted by Gasteiger charge is -2.01. The van der Waals surface area contributed by atoms with Gasteiger partial charge >= 0.3 is 0 Å². The Hall–Kier alpha value is -1.95. The number of imidazole rings is 1. The molecule has 0 fully saturated rings. The molecule has 2 N–H and O–H groups in total. The molecule has 3 aromatic rings. The Morgan fingerprint density at radius 1 is 1.38 bits per heavy atom. The van der Waals surface area contributed by atoms with Gasteiger partial charge in [0, 0.05) is 4.88 Å². The van der Waals surface area contributed by atoms with Gasteiger partial charge in [-0.3, -0.25) is 0 Å². The molecule has 80 valence electrons. The summed E-state index contributed by atoms with van der Waals surface area (Å²) in [7, 11) is 0. The van der Waals surface area contributed by atoms with Crippen molar-refractivity contribution in [1.82, 2.24) is 19.9 Å². The van der Waals surface area contributed by atoms with Crippen LogP contribution in [0.1, 0.15) is 4.88 Å². The maximum absolute atomic E-state index is 4.27. The van der Waals surface area contributed by atoms with E-state index in [0.717, 1.165) is 12.1 Å². The lowest BCUT2D eigenvalue weighted by atomic mass is 10.5. The van der Waals surface area contributed by atoms with Crippen molar-refractivity contribution in [3.63, 3.8) is 0 Å². The predicted octanol–water partition coefficient (Wildman–Crippen LogP) is 2.03. The quantitative estimate of drug-likeness (QED) is 0.723. The standard InChI is InChI=1S/C10H9N5S/c1-2-7(16-3-1)4-11-10-12-5-8-9(15-10)14-6-13-8/h1-3,5-6H,4H2,(H2,11,12,13,14,15). The van der Waals surface area contributed by atoms with Gasteiger partial charge in [0.15, 0.2) is 5.65 Å². The van der Waals surface area contributed by atoms with Gasteiger partial charge < -0.3 is 10.3 Å². The summed E-state index contributed by atoms with van der Waals surface area (Å²) in [6.45, 7) is 0.744. The minimum atomic E-state index is 0.605. The van der Waals surface area contributed by atoms with Crippen molar-refractivity contribution in [3.05, 3.63) is 34.9 Å². The van der Waals surface area contributed by atoms with Crippen LogP contribution in [0.2, 0.25) is 0 Å². The van der Waals surface area contributed by atoms with Gasteiger partial charge in [-0.25, -0.2) is 9.97 Å². The number of H-pyrrole nitrogens is 1. The highest BCUT2D eigenvalue weighted by molar-refractivity contribution is 7.09. The number of aromatic amines is 1. The van der Waals surface area contributed by atoms with Crippen molar-refractivity contribution >= 4 is 28.4 Å². The molecule has 0 aromatic carbocycles. The molecule has 0 saturated carbocycles. The fourth-order valence-electron chi connectivity index (χ4n) is 1.40. The number of thiophene rings is 1. The van der Waals surface area contributed by atoms with E-state index >= 15 is 0 Å². The van der Waals surface area contributed by atoms with E-state index < -0.39 is 0 Å². The summed E-state index contributed by atoms with van der Waals surface area (Å²) < 4.78 is 0. The van der Waals surface area contributed by atoms with Crippen LogP contribution in [0.4, 0.5) is 5.95 Å². The summed E-state index contributed by atoms with van der Waals surface area (Å²) in [4.78, 5) is 16.8. The maximum atomic E-state index is 4.27. The van der Waals surface area contributed by atoms with Crippen molar-refractivity contribution in [1.29, 1.82) is 0 Å². The molecular formula is C10H9N5S. The van der Waals surface area contributed by atoms with Crippen molar-refractivity contribution in [2.75, 3.05) is 5.32 Å². The van der Waals surface area contributed by atoms with E-state index in [-0.39, 0.29) is 0 Å². The van der Waals surface area contributed by atoms with Gasteiger partial charge in [-0.2, -0.15) is 4.98 Å². The highest BCUT2D eigenvalue weighted by Gasteiger charge is 2.01. The highest BCUT2D eigenvalue weighted by atomic mass is 32.1. The number of nitrogens with zero attached hydrogens (tertiary/aromatic N) is 3. The fraction of sp³-hybridized carbons (Fsp3) is 0.100. The second-order valence-electron chi connectivity index (χ2n) is 3.27. The summed E-state index contributed by atoms with van der Waals surface area (Å²) in [6, 6.07) is 4.10. The Kier molecular flexibility index (Phi) is 2.26. The van der Waals surface area contributed by atoms with Crippen LogP contribution < -0.4 is 5.32 Å². The van der Waals surface area contributed by atoms with Crippen LogP contribution in [0.3, 0.4) is 0 Å². The number of anilines is 1. The van der Waals surface area contributed by atoms with Gasteiger partial charge in [-0.05, 0) is 11.4 Å². The number of aromatic nitrogens is 4. The molecule has 0 atom stereocenters. The van der Waals surface area contributed by atoms with E-state index in [1.54, 1.807) is 23.9 Å². The molecule has 0 aliphatic heterocycles. The number of fused-ring (bicyclic) bond motifs is 1. The van der Waals surface area contributed by atoms with Crippen LogP contribution in [0.15, 0.2) is 30.0 Å². The maximum Gasteiger partial charge on any atom is 0.225 e. The molecule has 0 unspecified atom stereocenters. The van der Waals surface area contributed by atoms with Gasteiger partial charge in [0.05, 0.1) is 19.1 Å². The zero-order valence-electron chi connectivity index (χ0n) is 8.34. The Balaban J connectivity index is 1.78. The summed E-state index contributed by atoms with van der Waals surface area (Å²) in [5.74, 6) is 0.605. The third-order valence-corrected chi connectivity index (χ3v) is 3.05. The van der Waals surface area contributed by atoms with Gasteiger partial charge in [-0.15, -0.1) is 11.3 Å². The molecule has 0 radical (unpaired) electrons. The molecule has 0 bridgehead atoms. The predicted molar refractivity (Wildman–Crippen MR) is 63.3 cm³/mol. The molecule has 0 saturated heterocycles. The minimum Gasteiger partial charge on any atom is -0.349 e. The van der Waals surface area contributed by atoms with E-state index in [9.17, 15) is 0 Å². The molecule has 0 spiro atoms. The van der Waals surface area contributed by atoms with E-state index in [1.165, 1.54) is 4.88 Å². The molecule has 0 amide bonds. The van der Waals surface area contributed by atoms with Crippen LogP contribution in [0.25, 0.3) is 11.2 Å². The second-order valence-corrected chi connectivity index (χ2v) is 4.30. The van der Waals surface area contributed by atoms with Gasteiger partial charge in [0.2, 0.25) is 5.95 Å². The third kappa shape index (κ3) is 1.74. The van der Waals surface area contributed by atoms with Crippen LogP contribution in [0, 0.1) is 0 Å². The first-order valence-electron chi connectivity index (χ1n) is 4.84. The van der Waals surface area contributed by atoms with E-state index in [4.69, 9.17) is 0 Å². The number of hydrogen-bond donors (Lipinski definition) is 2. The molecule has 6 heteroatoms.